The Balaban J connectivity index is 2.13. The van der Waals surface area contributed by atoms with Crippen LogP contribution in [0.4, 0.5) is 17.6 Å². The zero-order valence-electron chi connectivity index (χ0n) is 15.9. The van der Waals surface area contributed by atoms with Gasteiger partial charge in [-0.15, -0.1) is 0 Å². The van der Waals surface area contributed by atoms with Crippen molar-refractivity contribution >= 4 is 5.91 Å². The van der Waals surface area contributed by atoms with Gasteiger partial charge in [0.1, 0.15) is 5.82 Å². The molecular weight excluding hydrogens is 364 g/mol. The molecule has 0 saturated carbocycles. The highest BCUT2D eigenvalue weighted by molar-refractivity contribution is 5.82. The summed E-state index contributed by atoms with van der Waals surface area (Å²) in [4.78, 5) is 14.8. The molecule has 3 unspecified atom stereocenters. The van der Waals surface area contributed by atoms with Crippen molar-refractivity contribution in [3.63, 3.8) is 0 Å². The molecule has 4 nitrogen and oxygen atoms in total. The number of halogens is 4. The van der Waals surface area contributed by atoms with Crippen molar-refractivity contribution in [2.75, 3.05) is 13.1 Å². The molecule has 3 atom stereocenters. The fraction of sp³-hybridized carbons (Fsp3) is 0.632. The van der Waals surface area contributed by atoms with Gasteiger partial charge in [-0.1, -0.05) is 19.9 Å². The highest BCUT2D eigenvalue weighted by atomic mass is 19.4. The van der Waals surface area contributed by atoms with Crippen molar-refractivity contribution in [2.24, 2.45) is 5.92 Å². The second kappa shape index (κ2) is 8.56. The van der Waals surface area contributed by atoms with Crippen molar-refractivity contribution in [1.29, 1.82) is 0 Å². The third kappa shape index (κ3) is 5.65. The highest BCUT2D eigenvalue weighted by Crippen LogP contribution is 2.32. The molecule has 0 bridgehead atoms. The van der Waals surface area contributed by atoms with E-state index >= 15 is 0 Å². The molecule has 0 aromatic heterocycles. The van der Waals surface area contributed by atoms with E-state index in [-0.39, 0.29) is 36.1 Å². The van der Waals surface area contributed by atoms with Gasteiger partial charge in [-0.3, -0.25) is 9.69 Å². The van der Waals surface area contributed by atoms with E-state index in [9.17, 15) is 22.4 Å². The van der Waals surface area contributed by atoms with E-state index < -0.39 is 23.6 Å². The summed E-state index contributed by atoms with van der Waals surface area (Å²) in [6.07, 6.45) is -4.75. The zero-order valence-corrected chi connectivity index (χ0v) is 15.9. The van der Waals surface area contributed by atoms with Gasteiger partial charge in [0, 0.05) is 19.6 Å². The first-order valence-corrected chi connectivity index (χ1v) is 9.02. The minimum absolute atomic E-state index is 0.0298. The maximum Gasteiger partial charge on any atom is 0.416 e. The van der Waals surface area contributed by atoms with Crippen LogP contribution in [-0.2, 0) is 22.3 Å². The minimum atomic E-state index is -4.69. The molecule has 1 aromatic carbocycles. The summed E-state index contributed by atoms with van der Waals surface area (Å²) >= 11 is 0. The Hall–Kier alpha value is -1.67. The van der Waals surface area contributed by atoms with Crippen LogP contribution in [0.2, 0.25) is 0 Å². The van der Waals surface area contributed by atoms with Crippen LogP contribution < -0.4 is 5.32 Å². The molecule has 1 heterocycles. The zero-order chi connectivity index (χ0) is 20.4. The predicted molar refractivity (Wildman–Crippen MR) is 93.5 cm³/mol. The normalized spacial score (nSPS) is 22.7. The van der Waals surface area contributed by atoms with Crippen molar-refractivity contribution in [3.8, 4) is 0 Å². The van der Waals surface area contributed by atoms with Crippen molar-refractivity contribution in [3.05, 3.63) is 35.1 Å². The van der Waals surface area contributed by atoms with Crippen LogP contribution in [-0.4, -0.2) is 42.1 Å². The number of hydrogen-bond donors (Lipinski definition) is 1. The van der Waals surface area contributed by atoms with Crippen LogP contribution in [0.25, 0.3) is 0 Å². The lowest BCUT2D eigenvalue weighted by molar-refractivity contribution is -0.139. The molecule has 1 aliphatic rings. The SMILES string of the molecule is CC1CN(C(C(=O)NCc2ccc(F)cc2C(F)(F)F)C(C)C)CC(C)O1. The number of benzene rings is 1. The lowest BCUT2D eigenvalue weighted by Crippen LogP contribution is -2.56. The molecule has 1 amide bonds. The van der Waals surface area contributed by atoms with E-state index in [1.807, 2.05) is 32.6 Å². The van der Waals surface area contributed by atoms with Gasteiger partial charge in [0.25, 0.3) is 0 Å². The van der Waals surface area contributed by atoms with Crippen molar-refractivity contribution < 1.29 is 27.1 Å². The van der Waals surface area contributed by atoms with Crippen LogP contribution in [0.3, 0.4) is 0 Å². The number of alkyl halides is 3. The van der Waals surface area contributed by atoms with E-state index in [0.717, 1.165) is 12.1 Å². The highest BCUT2D eigenvalue weighted by Gasteiger charge is 2.36. The smallest absolute Gasteiger partial charge is 0.373 e. The molecule has 1 fully saturated rings. The lowest BCUT2D eigenvalue weighted by Gasteiger charge is -2.41. The van der Waals surface area contributed by atoms with Crippen LogP contribution in [0.15, 0.2) is 18.2 Å². The molecule has 2 rings (SSSR count). The monoisotopic (exact) mass is 390 g/mol. The van der Waals surface area contributed by atoms with Crippen LogP contribution >= 0.6 is 0 Å². The van der Waals surface area contributed by atoms with Gasteiger partial charge in [-0.05, 0) is 37.5 Å². The maximum atomic E-state index is 13.2. The van der Waals surface area contributed by atoms with Gasteiger partial charge >= 0.3 is 6.18 Å². The van der Waals surface area contributed by atoms with Crippen molar-refractivity contribution in [1.82, 2.24) is 10.2 Å². The summed E-state index contributed by atoms with van der Waals surface area (Å²) in [5, 5.41) is 2.60. The first-order valence-electron chi connectivity index (χ1n) is 9.02. The number of carbonyl (C=O) groups is 1. The fourth-order valence-electron chi connectivity index (χ4n) is 3.59. The molecule has 1 saturated heterocycles. The molecule has 1 N–H and O–H groups in total. The number of amides is 1. The first kappa shape index (κ1) is 21.6. The maximum absolute atomic E-state index is 13.2. The Morgan fingerprint density at radius 3 is 2.37 bits per heavy atom. The van der Waals surface area contributed by atoms with Crippen LogP contribution in [0.1, 0.15) is 38.8 Å². The largest absolute Gasteiger partial charge is 0.416 e. The summed E-state index contributed by atoms with van der Waals surface area (Å²) in [5.41, 5.74) is -1.24. The van der Waals surface area contributed by atoms with Gasteiger partial charge < -0.3 is 10.1 Å². The average molecular weight is 390 g/mol. The average Bonchev–Trinajstić information content (AvgIpc) is 2.51. The molecule has 1 aliphatic heterocycles. The standard InChI is InChI=1S/C19H26F4N2O2/c1-11(2)17(25-9-12(3)27-13(4)10-25)18(26)24-8-14-5-6-15(20)7-16(14)19(21,22)23/h5-7,11-13,17H,8-10H2,1-4H3,(H,24,26). The second-order valence-electron chi connectivity index (χ2n) is 7.42. The topological polar surface area (TPSA) is 41.6 Å². The van der Waals surface area contributed by atoms with Gasteiger partial charge in [0.2, 0.25) is 5.91 Å². The number of carbonyl (C=O) groups excluding carboxylic acids is 1. The predicted octanol–water partition coefficient (Wildman–Crippen LogP) is 3.59. The first-order chi connectivity index (χ1) is 12.5. The molecule has 27 heavy (non-hydrogen) atoms. The van der Waals surface area contributed by atoms with E-state index in [0.29, 0.717) is 19.2 Å². The van der Waals surface area contributed by atoms with E-state index in [1.54, 1.807) is 0 Å². The number of nitrogens with zero attached hydrogens (tertiary/aromatic N) is 1. The third-order valence-electron chi connectivity index (χ3n) is 4.57. The Bertz CT molecular complexity index is 654. The number of nitrogens with one attached hydrogen (secondary N) is 1. The molecule has 0 spiro atoms. The fourth-order valence-corrected chi connectivity index (χ4v) is 3.59. The number of ether oxygens (including phenoxy) is 1. The van der Waals surface area contributed by atoms with Crippen LogP contribution in [0.5, 0.6) is 0 Å². The molecule has 1 aromatic rings. The van der Waals surface area contributed by atoms with Crippen LogP contribution in [0, 0.1) is 11.7 Å². The molecular formula is C19H26F4N2O2. The molecule has 152 valence electrons. The lowest BCUT2D eigenvalue weighted by atomic mass is 9.99. The number of morpholine rings is 1. The van der Waals surface area contributed by atoms with Crippen molar-refractivity contribution in [2.45, 2.75) is 58.7 Å². The van der Waals surface area contributed by atoms with Gasteiger partial charge in [-0.2, -0.15) is 13.2 Å². The van der Waals surface area contributed by atoms with E-state index in [1.165, 1.54) is 0 Å². The van der Waals surface area contributed by atoms with Gasteiger partial charge in [-0.25, -0.2) is 4.39 Å². The Morgan fingerprint density at radius 2 is 1.85 bits per heavy atom. The summed E-state index contributed by atoms with van der Waals surface area (Å²) < 4.78 is 58.3. The molecule has 0 radical (unpaired) electrons. The van der Waals surface area contributed by atoms with Gasteiger partial charge in [0.15, 0.2) is 0 Å². The van der Waals surface area contributed by atoms with Gasteiger partial charge in [0.05, 0.1) is 23.8 Å². The number of hydrogen-bond acceptors (Lipinski definition) is 3. The summed E-state index contributed by atoms with van der Waals surface area (Å²) in [5.74, 6) is -1.34. The summed E-state index contributed by atoms with van der Waals surface area (Å²) in [6, 6.07) is 1.99. The molecule has 0 aliphatic carbocycles. The Labute approximate surface area is 156 Å². The van der Waals surface area contributed by atoms with E-state index in [2.05, 4.69) is 5.32 Å². The minimum Gasteiger partial charge on any atom is -0.373 e. The summed E-state index contributed by atoms with van der Waals surface area (Å²) in [7, 11) is 0. The molecule has 8 heteroatoms. The Kier molecular flexibility index (Phi) is 6.86. The number of rotatable bonds is 5. The Morgan fingerprint density at radius 1 is 1.26 bits per heavy atom. The quantitative estimate of drug-likeness (QED) is 0.782. The third-order valence-corrected chi connectivity index (χ3v) is 4.57. The second-order valence-corrected chi connectivity index (χ2v) is 7.42. The summed E-state index contributed by atoms with van der Waals surface area (Å²) in [6.45, 7) is 8.48. The van der Waals surface area contributed by atoms with E-state index in [4.69, 9.17) is 4.74 Å².